The first-order valence-electron chi connectivity index (χ1n) is 9.15. The van der Waals surface area contributed by atoms with Crippen LogP contribution in [0.1, 0.15) is 23.6 Å². The molecule has 2 amide bonds. The Hall–Kier alpha value is -3.52. The first-order chi connectivity index (χ1) is 14.2. The number of anilines is 1. The number of benzene rings is 2. The molecule has 1 aliphatic rings. The molecule has 1 saturated heterocycles. The van der Waals surface area contributed by atoms with Crippen LogP contribution >= 0.6 is 12.2 Å². The van der Waals surface area contributed by atoms with Crippen molar-refractivity contribution in [2.45, 2.75) is 26.9 Å². The number of thiocarbonyl (C=S) groups is 1. The summed E-state index contributed by atoms with van der Waals surface area (Å²) >= 11 is 5.23. The van der Waals surface area contributed by atoms with E-state index >= 15 is 0 Å². The maximum absolute atomic E-state index is 13.1. The minimum atomic E-state index is -1.08. The quantitative estimate of drug-likeness (QED) is 0.435. The van der Waals surface area contributed by atoms with Gasteiger partial charge in [-0.25, -0.2) is 4.79 Å². The lowest BCUT2D eigenvalue weighted by molar-refractivity contribution is -0.144. The topological polar surface area (TPSA) is 95.9 Å². The van der Waals surface area contributed by atoms with E-state index in [0.29, 0.717) is 17.0 Å². The number of amides is 2. The number of ether oxygens (including phenoxy) is 1. The van der Waals surface area contributed by atoms with Gasteiger partial charge >= 0.3 is 5.97 Å². The summed E-state index contributed by atoms with van der Waals surface area (Å²) in [5.41, 5.74) is 3.03. The molecule has 0 aliphatic carbocycles. The minimum Gasteiger partial charge on any atom is -0.479 e. The number of aryl methyl sites for hydroxylation is 2. The van der Waals surface area contributed by atoms with Crippen LogP contribution in [0.25, 0.3) is 6.08 Å². The zero-order chi connectivity index (χ0) is 22.0. The van der Waals surface area contributed by atoms with Crippen LogP contribution in [-0.4, -0.2) is 34.1 Å². The molecule has 7 nitrogen and oxygen atoms in total. The van der Waals surface area contributed by atoms with Gasteiger partial charge in [-0.3, -0.25) is 19.8 Å². The highest BCUT2D eigenvalue weighted by molar-refractivity contribution is 7.80. The molecule has 1 atom stereocenters. The van der Waals surface area contributed by atoms with Gasteiger partial charge in [0.15, 0.2) is 11.2 Å². The second-order valence-corrected chi connectivity index (χ2v) is 7.30. The Morgan fingerprint density at radius 1 is 1.17 bits per heavy atom. The Labute approximate surface area is 179 Å². The number of nitrogens with one attached hydrogen (secondary N) is 1. The maximum Gasteiger partial charge on any atom is 0.344 e. The number of hydrogen-bond donors (Lipinski definition) is 2. The minimum absolute atomic E-state index is 0.0282. The van der Waals surface area contributed by atoms with Crippen LogP contribution in [0.15, 0.2) is 48.0 Å². The molecular formula is C22H20N2O5S. The fourth-order valence-electron chi connectivity index (χ4n) is 3.00. The monoisotopic (exact) mass is 424 g/mol. The smallest absolute Gasteiger partial charge is 0.344 e. The Bertz CT molecular complexity index is 1080. The number of carboxylic acid groups (broad SMARTS) is 1. The number of carboxylic acids is 1. The maximum atomic E-state index is 13.1. The number of rotatable bonds is 5. The van der Waals surface area contributed by atoms with Crippen molar-refractivity contribution in [1.82, 2.24) is 5.32 Å². The molecule has 1 heterocycles. The van der Waals surface area contributed by atoms with Crippen molar-refractivity contribution in [2.24, 2.45) is 0 Å². The number of aliphatic carboxylic acids is 1. The summed E-state index contributed by atoms with van der Waals surface area (Å²) < 4.78 is 5.28. The molecule has 0 saturated carbocycles. The molecule has 1 unspecified atom stereocenters. The highest BCUT2D eigenvalue weighted by Gasteiger charge is 2.35. The van der Waals surface area contributed by atoms with Gasteiger partial charge in [0, 0.05) is 0 Å². The molecule has 30 heavy (non-hydrogen) atoms. The average Bonchev–Trinajstić information content (AvgIpc) is 2.67. The molecular weight excluding hydrogens is 404 g/mol. The van der Waals surface area contributed by atoms with Gasteiger partial charge in [-0.05, 0) is 68.4 Å². The lowest BCUT2D eigenvalue weighted by atomic mass is 10.0. The third-order valence-electron chi connectivity index (χ3n) is 4.55. The zero-order valence-electron chi connectivity index (χ0n) is 16.6. The summed E-state index contributed by atoms with van der Waals surface area (Å²) in [6, 6.07) is 12.0. The van der Waals surface area contributed by atoms with Gasteiger partial charge in [-0.15, -0.1) is 0 Å². The summed E-state index contributed by atoms with van der Waals surface area (Å²) in [7, 11) is 0. The lowest BCUT2D eigenvalue weighted by Crippen LogP contribution is -2.54. The standard InChI is InChI=1S/C22H20N2O5S/c1-12-4-9-18(13(2)10-12)24-20(26)17(19(25)23-22(24)30)11-15-5-7-16(8-6-15)29-14(3)21(27)28/h4-11,14H,1-3H3,(H,27,28)(H,23,25,30)/b17-11-. The van der Waals surface area contributed by atoms with E-state index in [1.54, 1.807) is 30.3 Å². The molecule has 2 N–H and O–H groups in total. The van der Waals surface area contributed by atoms with E-state index in [-0.39, 0.29) is 10.7 Å². The summed E-state index contributed by atoms with van der Waals surface area (Å²) in [6.45, 7) is 5.24. The van der Waals surface area contributed by atoms with Gasteiger partial charge in [-0.1, -0.05) is 29.8 Å². The Morgan fingerprint density at radius 2 is 1.83 bits per heavy atom. The molecule has 2 aromatic rings. The van der Waals surface area contributed by atoms with Crippen molar-refractivity contribution < 1.29 is 24.2 Å². The molecule has 8 heteroatoms. The van der Waals surface area contributed by atoms with E-state index in [1.807, 2.05) is 26.0 Å². The molecule has 3 rings (SSSR count). The van der Waals surface area contributed by atoms with Crippen molar-refractivity contribution in [1.29, 1.82) is 0 Å². The van der Waals surface area contributed by atoms with E-state index in [4.69, 9.17) is 22.1 Å². The summed E-state index contributed by atoms with van der Waals surface area (Å²) in [5.74, 6) is -1.81. The zero-order valence-corrected chi connectivity index (χ0v) is 17.4. The van der Waals surface area contributed by atoms with Gasteiger partial charge in [-0.2, -0.15) is 0 Å². The van der Waals surface area contributed by atoms with E-state index in [2.05, 4.69) is 5.32 Å². The van der Waals surface area contributed by atoms with Gasteiger partial charge in [0.25, 0.3) is 11.8 Å². The molecule has 1 fully saturated rings. The van der Waals surface area contributed by atoms with Crippen LogP contribution in [-0.2, 0) is 14.4 Å². The van der Waals surface area contributed by atoms with Gasteiger partial charge in [0.2, 0.25) is 0 Å². The molecule has 0 radical (unpaired) electrons. The number of nitrogens with zero attached hydrogens (tertiary/aromatic N) is 1. The van der Waals surface area contributed by atoms with Crippen LogP contribution < -0.4 is 15.0 Å². The van der Waals surface area contributed by atoms with Crippen LogP contribution in [0.2, 0.25) is 0 Å². The Balaban J connectivity index is 1.90. The summed E-state index contributed by atoms with van der Waals surface area (Å²) in [6.07, 6.45) is 0.465. The number of hydrogen-bond acceptors (Lipinski definition) is 5. The second kappa shape index (κ2) is 8.46. The number of carbonyl (C=O) groups is 3. The third-order valence-corrected chi connectivity index (χ3v) is 4.83. The van der Waals surface area contributed by atoms with Crippen LogP contribution in [0.3, 0.4) is 0 Å². The normalized spacial score (nSPS) is 16.4. The predicted molar refractivity (Wildman–Crippen MR) is 116 cm³/mol. The Kier molecular flexibility index (Phi) is 5.98. The van der Waals surface area contributed by atoms with Gasteiger partial charge in [0.1, 0.15) is 11.3 Å². The Morgan fingerprint density at radius 3 is 2.43 bits per heavy atom. The van der Waals surface area contributed by atoms with Crippen LogP contribution in [0.4, 0.5) is 5.69 Å². The van der Waals surface area contributed by atoms with Crippen molar-refractivity contribution in [3.63, 3.8) is 0 Å². The molecule has 0 spiro atoms. The first kappa shape index (κ1) is 21.2. The fraction of sp³-hybridized carbons (Fsp3) is 0.182. The SMILES string of the molecule is Cc1ccc(N2C(=O)/C(=C\c3ccc(OC(C)C(=O)O)cc3)C(=O)NC2=S)c(C)c1. The highest BCUT2D eigenvalue weighted by Crippen LogP contribution is 2.26. The van der Waals surface area contributed by atoms with E-state index in [9.17, 15) is 14.4 Å². The number of carbonyl (C=O) groups excluding carboxylic acids is 2. The van der Waals surface area contributed by atoms with E-state index < -0.39 is 23.9 Å². The molecule has 0 aromatic heterocycles. The molecule has 2 aromatic carbocycles. The van der Waals surface area contributed by atoms with Crippen LogP contribution in [0.5, 0.6) is 5.75 Å². The van der Waals surface area contributed by atoms with Crippen LogP contribution in [0, 0.1) is 13.8 Å². The summed E-state index contributed by atoms with van der Waals surface area (Å²) in [5, 5.41) is 11.5. The van der Waals surface area contributed by atoms with E-state index in [0.717, 1.165) is 11.1 Å². The van der Waals surface area contributed by atoms with Gasteiger partial charge in [0.05, 0.1) is 5.69 Å². The fourth-order valence-corrected chi connectivity index (χ4v) is 3.27. The third kappa shape index (κ3) is 4.38. The second-order valence-electron chi connectivity index (χ2n) is 6.92. The van der Waals surface area contributed by atoms with Crippen molar-refractivity contribution in [2.75, 3.05) is 4.90 Å². The van der Waals surface area contributed by atoms with Gasteiger partial charge < -0.3 is 9.84 Å². The first-order valence-corrected chi connectivity index (χ1v) is 9.56. The van der Waals surface area contributed by atoms with E-state index in [1.165, 1.54) is 17.9 Å². The van der Waals surface area contributed by atoms with Crippen molar-refractivity contribution in [3.05, 3.63) is 64.7 Å². The summed E-state index contributed by atoms with van der Waals surface area (Å²) in [4.78, 5) is 37.7. The largest absolute Gasteiger partial charge is 0.479 e. The predicted octanol–water partition coefficient (Wildman–Crippen LogP) is 2.99. The average molecular weight is 424 g/mol. The molecule has 0 bridgehead atoms. The van der Waals surface area contributed by atoms with Crippen molar-refractivity contribution >= 4 is 46.9 Å². The molecule has 154 valence electrons. The lowest BCUT2D eigenvalue weighted by Gasteiger charge is -2.30. The molecule has 1 aliphatic heterocycles. The van der Waals surface area contributed by atoms with Crippen molar-refractivity contribution in [3.8, 4) is 5.75 Å². The highest BCUT2D eigenvalue weighted by atomic mass is 32.1.